The summed E-state index contributed by atoms with van der Waals surface area (Å²) in [6, 6.07) is 11.7. The first-order valence-corrected chi connectivity index (χ1v) is 18.1. The smallest absolute Gasteiger partial charge is 0.425 e. The second-order valence-corrected chi connectivity index (χ2v) is 16.9. The van der Waals surface area contributed by atoms with Crippen LogP contribution in [-0.2, 0) is 26.2 Å². The van der Waals surface area contributed by atoms with Crippen molar-refractivity contribution in [1.82, 2.24) is 28.0 Å². The lowest BCUT2D eigenvalue weighted by atomic mass is 10.1. The number of carbonyl (C=O) groups excluding carboxylic acids is 2. The summed E-state index contributed by atoms with van der Waals surface area (Å²) in [6.45, 7) is 13.1. The van der Waals surface area contributed by atoms with E-state index in [-0.39, 0.29) is 19.1 Å². The summed E-state index contributed by atoms with van der Waals surface area (Å²) in [4.78, 5) is 39.8. The molecule has 14 heteroatoms. The number of hydrogen-bond donors (Lipinski definition) is 0. The molecule has 6 rings (SSSR count). The lowest BCUT2D eigenvalue weighted by molar-refractivity contribution is 0.0343. The van der Waals surface area contributed by atoms with Gasteiger partial charge in [-0.3, -0.25) is 4.90 Å². The third kappa shape index (κ3) is 7.15. The fourth-order valence-electron chi connectivity index (χ4n) is 6.72. The molecule has 2 aromatic heterocycles. The molecule has 1 aliphatic carbocycles. The predicted molar refractivity (Wildman–Crippen MR) is 182 cm³/mol. The van der Waals surface area contributed by atoms with Gasteiger partial charge in [0.1, 0.15) is 23.3 Å². The summed E-state index contributed by atoms with van der Waals surface area (Å²) in [5.41, 5.74) is -0.670. The number of fused-ring (bicyclic) bond motifs is 1. The van der Waals surface area contributed by atoms with Crippen molar-refractivity contribution in [2.75, 3.05) is 37.6 Å². The average Bonchev–Trinajstić information content (AvgIpc) is 3.39. The Balaban J connectivity index is 1.24. The quantitative estimate of drug-likeness (QED) is 0.335. The van der Waals surface area contributed by atoms with Gasteiger partial charge in [-0.15, -0.1) is 0 Å². The zero-order valence-electron chi connectivity index (χ0n) is 28.8. The van der Waals surface area contributed by atoms with Crippen LogP contribution in [0, 0.1) is 0 Å². The molecule has 3 aromatic rings. The fourth-order valence-corrected chi connectivity index (χ4v) is 8.58. The number of likely N-dealkylation sites (tertiary alicyclic amines) is 1. The molecule has 2 aliphatic heterocycles. The molecule has 0 bridgehead atoms. The molecule has 48 heavy (non-hydrogen) atoms. The highest BCUT2D eigenvalue weighted by molar-refractivity contribution is 7.87. The molecular weight excluding hydrogens is 634 g/mol. The number of hydrogen-bond acceptors (Lipinski definition) is 10. The number of benzene rings is 1. The van der Waals surface area contributed by atoms with Gasteiger partial charge >= 0.3 is 22.4 Å². The Morgan fingerprint density at radius 2 is 1.67 bits per heavy atom. The molecule has 0 radical (unpaired) electrons. The van der Waals surface area contributed by atoms with Crippen molar-refractivity contribution in [2.45, 2.75) is 96.6 Å². The second kappa shape index (κ2) is 12.6. The van der Waals surface area contributed by atoms with Crippen molar-refractivity contribution in [3.63, 3.8) is 0 Å². The van der Waals surface area contributed by atoms with Crippen molar-refractivity contribution in [3.8, 4) is 0 Å². The van der Waals surface area contributed by atoms with Crippen molar-refractivity contribution >= 4 is 39.2 Å². The summed E-state index contributed by atoms with van der Waals surface area (Å²) in [5, 5.41) is 0.672. The molecule has 2 saturated heterocycles. The van der Waals surface area contributed by atoms with Gasteiger partial charge in [0, 0.05) is 38.4 Å². The fraction of sp³-hybridized carbons (Fsp3) is 0.588. The van der Waals surface area contributed by atoms with Crippen molar-refractivity contribution in [2.24, 2.45) is 0 Å². The number of carbonyl (C=O) groups is 2. The maximum absolute atomic E-state index is 14.6. The maximum atomic E-state index is 14.6. The third-order valence-electron chi connectivity index (χ3n) is 9.02. The number of aromatic nitrogens is 3. The van der Waals surface area contributed by atoms with Gasteiger partial charge in [0.15, 0.2) is 5.65 Å². The van der Waals surface area contributed by atoms with Crippen LogP contribution in [0.25, 0.3) is 11.0 Å². The SMILES string of the molecule is CC(C)(C)OC(=O)N(CC1CCCN1Cc1ccccc1)S(=O)(=O)N1CCN(c2ncnc3c2ccn3C(=O)OC(C)(C)C)CC12CC2. The van der Waals surface area contributed by atoms with E-state index >= 15 is 0 Å². The van der Waals surface area contributed by atoms with E-state index in [2.05, 4.69) is 31.9 Å². The van der Waals surface area contributed by atoms with Crippen molar-refractivity contribution < 1.29 is 27.5 Å². The molecule has 4 heterocycles. The van der Waals surface area contributed by atoms with Gasteiger partial charge < -0.3 is 14.4 Å². The molecule has 1 saturated carbocycles. The van der Waals surface area contributed by atoms with Gasteiger partial charge in [0.2, 0.25) is 0 Å². The van der Waals surface area contributed by atoms with Crippen molar-refractivity contribution in [3.05, 3.63) is 54.5 Å². The van der Waals surface area contributed by atoms with Crippen LogP contribution in [0.2, 0.25) is 0 Å². The standard InChI is InChI=1S/C34H47N7O6S/c1-32(2,3)46-30(42)39-18-14-27-28(35-24-36-29(27)39)38-19-20-41(34(23-38)15-16-34)48(44,45)40(31(43)47-33(4,5)6)22-26-13-10-17-37(26)21-25-11-8-7-9-12-25/h7-9,11-12,14,18,24,26H,10,13,15-17,19-23H2,1-6H3. The normalized spacial score (nSPS) is 20.3. The van der Waals surface area contributed by atoms with E-state index in [0.717, 1.165) is 29.3 Å². The van der Waals surface area contributed by atoms with Gasteiger partial charge in [-0.2, -0.15) is 17.0 Å². The number of rotatable bonds is 7. The molecule has 3 aliphatic rings. The minimum Gasteiger partial charge on any atom is -0.443 e. The lowest BCUT2D eigenvalue weighted by Gasteiger charge is -2.44. The molecule has 260 valence electrons. The zero-order valence-corrected chi connectivity index (χ0v) is 29.6. The number of nitrogens with zero attached hydrogens (tertiary/aromatic N) is 7. The Morgan fingerprint density at radius 3 is 2.33 bits per heavy atom. The van der Waals surface area contributed by atoms with E-state index in [1.807, 2.05) is 18.2 Å². The van der Waals surface area contributed by atoms with Crippen LogP contribution in [0.15, 0.2) is 48.9 Å². The number of amides is 1. The Morgan fingerprint density at radius 1 is 0.958 bits per heavy atom. The molecule has 3 fully saturated rings. The maximum Gasteiger partial charge on any atom is 0.425 e. The van der Waals surface area contributed by atoms with Crippen molar-refractivity contribution in [1.29, 1.82) is 0 Å². The van der Waals surface area contributed by atoms with Crippen LogP contribution >= 0.6 is 0 Å². The van der Waals surface area contributed by atoms with Crippen LogP contribution in [0.5, 0.6) is 0 Å². The minimum atomic E-state index is -4.26. The highest BCUT2D eigenvalue weighted by atomic mass is 32.2. The Kier molecular flexibility index (Phi) is 8.96. The summed E-state index contributed by atoms with van der Waals surface area (Å²) >= 11 is 0. The summed E-state index contributed by atoms with van der Waals surface area (Å²) in [7, 11) is -4.26. The first-order chi connectivity index (χ1) is 22.6. The van der Waals surface area contributed by atoms with Crippen LogP contribution in [0.4, 0.5) is 15.4 Å². The lowest BCUT2D eigenvalue weighted by Crippen LogP contribution is -2.62. The molecule has 1 aromatic carbocycles. The highest BCUT2D eigenvalue weighted by Crippen LogP contribution is 2.47. The highest BCUT2D eigenvalue weighted by Gasteiger charge is 2.58. The average molecular weight is 682 g/mol. The molecule has 1 atom stereocenters. The van der Waals surface area contributed by atoms with E-state index < -0.39 is 39.1 Å². The monoisotopic (exact) mass is 681 g/mol. The molecule has 1 amide bonds. The predicted octanol–water partition coefficient (Wildman–Crippen LogP) is 5.02. The summed E-state index contributed by atoms with van der Waals surface area (Å²) in [6.07, 6.45) is 4.65. The minimum absolute atomic E-state index is 0.0189. The number of piperazine rings is 1. The van der Waals surface area contributed by atoms with Crippen LogP contribution in [0.1, 0.15) is 72.8 Å². The zero-order chi connectivity index (χ0) is 34.5. The van der Waals surface area contributed by atoms with Gasteiger partial charge in [-0.1, -0.05) is 30.3 Å². The Labute approximate surface area is 283 Å². The van der Waals surface area contributed by atoms with E-state index in [9.17, 15) is 18.0 Å². The van der Waals surface area contributed by atoms with Crippen LogP contribution in [-0.4, -0.2) is 104 Å². The molecule has 0 N–H and O–H groups in total. The third-order valence-corrected chi connectivity index (χ3v) is 11.0. The largest absolute Gasteiger partial charge is 0.443 e. The molecule has 1 unspecified atom stereocenters. The molecule has 13 nitrogen and oxygen atoms in total. The van der Waals surface area contributed by atoms with Gasteiger partial charge in [0.05, 0.1) is 17.5 Å². The van der Waals surface area contributed by atoms with E-state index in [4.69, 9.17) is 9.47 Å². The van der Waals surface area contributed by atoms with Crippen LogP contribution < -0.4 is 4.90 Å². The van der Waals surface area contributed by atoms with E-state index in [1.165, 1.54) is 15.2 Å². The Hall–Kier alpha value is -3.75. The first-order valence-electron chi connectivity index (χ1n) is 16.7. The number of anilines is 1. The second-order valence-electron chi connectivity index (χ2n) is 15.1. The van der Waals surface area contributed by atoms with E-state index in [1.54, 1.807) is 53.8 Å². The first kappa shape index (κ1) is 34.1. The number of ether oxygens (including phenoxy) is 2. The van der Waals surface area contributed by atoms with Gasteiger partial charge in [-0.25, -0.2) is 24.1 Å². The van der Waals surface area contributed by atoms with Gasteiger partial charge in [-0.05, 0) is 85.4 Å². The molecule has 1 spiro atoms. The topological polar surface area (TPSA) is 130 Å². The summed E-state index contributed by atoms with van der Waals surface area (Å²) < 4.78 is 44.3. The summed E-state index contributed by atoms with van der Waals surface area (Å²) in [5.74, 6) is 0.622. The van der Waals surface area contributed by atoms with E-state index in [0.29, 0.717) is 49.3 Å². The van der Waals surface area contributed by atoms with Crippen LogP contribution in [0.3, 0.4) is 0 Å². The van der Waals surface area contributed by atoms with Gasteiger partial charge in [0.25, 0.3) is 0 Å². The molecular formula is C34H47N7O6S. The Bertz CT molecular complexity index is 1760.